The summed E-state index contributed by atoms with van der Waals surface area (Å²) in [5.41, 5.74) is 2.02. The van der Waals surface area contributed by atoms with Crippen molar-refractivity contribution < 1.29 is 9.59 Å². The molecule has 2 fully saturated rings. The zero-order valence-electron chi connectivity index (χ0n) is 12.6. The summed E-state index contributed by atoms with van der Waals surface area (Å²) >= 11 is 0. The van der Waals surface area contributed by atoms with Crippen molar-refractivity contribution in [2.75, 3.05) is 4.90 Å². The van der Waals surface area contributed by atoms with E-state index in [-0.39, 0.29) is 23.9 Å². The van der Waals surface area contributed by atoms with Crippen LogP contribution in [0.4, 0.5) is 5.69 Å². The number of rotatable bonds is 4. The fourth-order valence-corrected chi connectivity index (χ4v) is 3.18. The highest BCUT2D eigenvalue weighted by molar-refractivity contribution is 6.09. The van der Waals surface area contributed by atoms with E-state index < -0.39 is 0 Å². The second-order valence-corrected chi connectivity index (χ2v) is 5.94. The lowest BCUT2D eigenvalue weighted by Crippen LogP contribution is -2.64. The molecular weight excluding hydrogens is 264 g/mol. The Labute approximate surface area is 125 Å². The summed E-state index contributed by atoms with van der Waals surface area (Å²) in [6, 6.07) is 7.20. The molecule has 0 radical (unpaired) electrons. The lowest BCUT2D eigenvalue weighted by atomic mass is 9.99. The van der Waals surface area contributed by atoms with Crippen LogP contribution in [-0.4, -0.2) is 23.9 Å². The number of para-hydroxylation sites is 1. The molecule has 1 aromatic carbocycles. The van der Waals surface area contributed by atoms with Crippen LogP contribution in [0.1, 0.15) is 38.7 Å². The molecule has 1 saturated carbocycles. The smallest absolute Gasteiger partial charge is 0.250 e. The maximum absolute atomic E-state index is 12.9. The monoisotopic (exact) mass is 286 g/mol. The van der Waals surface area contributed by atoms with Crippen molar-refractivity contribution >= 4 is 17.5 Å². The van der Waals surface area contributed by atoms with E-state index >= 15 is 0 Å². The number of carbonyl (C=O) groups excluding carboxylic acids is 2. The minimum atomic E-state index is -0.389. The fourth-order valence-electron chi connectivity index (χ4n) is 3.18. The van der Waals surface area contributed by atoms with Gasteiger partial charge in [0, 0.05) is 5.69 Å². The molecule has 1 aromatic rings. The molecule has 2 aliphatic rings. The quantitative estimate of drug-likeness (QED) is 0.923. The zero-order valence-corrected chi connectivity index (χ0v) is 12.6. The Hall–Kier alpha value is -1.84. The molecule has 112 valence electrons. The summed E-state index contributed by atoms with van der Waals surface area (Å²) in [7, 11) is 0. The van der Waals surface area contributed by atoms with Crippen LogP contribution in [0.3, 0.4) is 0 Å². The third kappa shape index (κ3) is 2.43. The minimum Gasteiger partial charge on any atom is -0.342 e. The Balaban J connectivity index is 2.02. The van der Waals surface area contributed by atoms with Crippen molar-refractivity contribution in [3.8, 4) is 0 Å². The van der Waals surface area contributed by atoms with Gasteiger partial charge < -0.3 is 5.32 Å². The third-order valence-corrected chi connectivity index (χ3v) is 4.53. The van der Waals surface area contributed by atoms with Crippen LogP contribution in [0.5, 0.6) is 0 Å². The van der Waals surface area contributed by atoms with Gasteiger partial charge >= 0.3 is 0 Å². The van der Waals surface area contributed by atoms with Gasteiger partial charge in [0.15, 0.2) is 0 Å². The predicted octanol–water partition coefficient (Wildman–Crippen LogP) is 2.27. The number of aryl methyl sites for hydroxylation is 1. The fraction of sp³-hybridized carbons (Fsp3) is 0.529. The van der Waals surface area contributed by atoms with Gasteiger partial charge in [-0.3, -0.25) is 14.5 Å². The largest absolute Gasteiger partial charge is 0.342 e. The molecular formula is C17H22N2O2. The first-order chi connectivity index (χ1) is 10.2. The van der Waals surface area contributed by atoms with Crippen LogP contribution in [0.2, 0.25) is 0 Å². The summed E-state index contributed by atoms with van der Waals surface area (Å²) in [6.07, 6.45) is 3.56. The van der Waals surface area contributed by atoms with Crippen LogP contribution >= 0.6 is 0 Å². The number of amides is 2. The maximum atomic E-state index is 12.9. The molecule has 21 heavy (non-hydrogen) atoms. The first-order valence-corrected chi connectivity index (χ1v) is 7.88. The molecule has 1 aliphatic heterocycles. The zero-order chi connectivity index (χ0) is 15.0. The summed E-state index contributed by atoms with van der Waals surface area (Å²) in [5, 5.41) is 2.94. The molecule has 3 rings (SSSR count). The van der Waals surface area contributed by atoms with Crippen LogP contribution < -0.4 is 10.2 Å². The Kier molecular flexibility index (Phi) is 3.70. The first-order valence-electron chi connectivity index (χ1n) is 7.88. The van der Waals surface area contributed by atoms with E-state index in [0.29, 0.717) is 12.3 Å². The number of nitrogens with one attached hydrogen (secondary N) is 1. The first kappa shape index (κ1) is 14.1. The maximum Gasteiger partial charge on any atom is 0.250 e. The number of hydrogen-bond acceptors (Lipinski definition) is 2. The standard InChI is InChI=1S/C17H22N2O2/c1-3-11-7-5-6-8-14(11)19-13(4-2)16(20)18-15(17(19)21)12-9-10-12/h5-8,12-13,15H,3-4,9-10H2,1-2H3,(H,18,20). The summed E-state index contributed by atoms with van der Waals surface area (Å²) in [5.74, 6) is 0.375. The Morgan fingerprint density at radius 1 is 1.19 bits per heavy atom. The van der Waals surface area contributed by atoms with Gasteiger partial charge in [-0.05, 0) is 43.2 Å². The van der Waals surface area contributed by atoms with E-state index in [1.807, 2.05) is 31.2 Å². The molecule has 0 aromatic heterocycles. The molecule has 1 saturated heterocycles. The van der Waals surface area contributed by atoms with Crippen molar-refractivity contribution in [2.45, 2.75) is 51.6 Å². The number of anilines is 1. The molecule has 2 atom stereocenters. The lowest BCUT2D eigenvalue weighted by molar-refractivity contribution is -0.134. The number of piperazine rings is 1. The number of carbonyl (C=O) groups is 2. The minimum absolute atomic E-state index is 0.0140. The van der Waals surface area contributed by atoms with Gasteiger partial charge in [-0.1, -0.05) is 32.0 Å². The van der Waals surface area contributed by atoms with Crippen molar-refractivity contribution in [1.29, 1.82) is 0 Å². The van der Waals surface area contributed by atoms with E-state index in [1.54, 1.807) is 4.90 Å². The average Bonchev–Trinajstić information content (AvgIpc) is 3.33. The summed E-state index contributed by atoms with van der Waals surface area (Å²) < 4.78 is 0. The Bertz CT molecular complexity index is 566. The van der Waals surface area contributed by atoms with Crippen molar-refractivity contribution in [1.82, 2.24) is 5.32 Å². The van der Waals surface area contributed by atoms with Crippen LogP contribution in [0.15, 0.2) is 24.3 Å². The molecule has 1 heterocycles. The second-order valence-electron chi connectivity index (χ2n) is 5.94. The van der Waals surface area contributed by atoms with Crippen molar-refractivity contribution in [3.63, 3.8) is 0 Å². The molecule has 2 unspecified atom stereocenters. The Morgan fingerprint density at radius 3 is 2.52 bits per heavy atom. The second kappa shape index (κ2) is 5.51. The van der Waals surface area contributed by atoms with E-state index in [4.69, 9.17) is 0 Å². The third-order valence-electron chi connectivity index (χ3n) is 4.53. The molecule has 4 nitrogen and oxygen atoms in total. The van der Waals surface area contributed by atoms with E-state index in [9.17, 15) is 9.59 Å². The van der Waals surface area contributed by atoms with Crippen molar-refractivity contribution in [3.05, 3.63) is 29.8 Å². The normalized spacial score (nSPS) is 25.9. The summed E-state index contributed by atoms with van der Waals surface area (Å²) in [6.45, 7) is 4.03. The SMILES string of the molecule is CCc1ccccc1N1C(=O)C(C2CC2)NC(=O)C1CC. The van der Waals surface area contributed by atoms with Crippen LogP contribution in [0.25, 0.3) is 0 Å². The van der Waals surface area contributed by atoms with Gasteiger partial charge in [0.25, 0.3) is 5.91 Å². The highest BCUT2D eigenvalue weighted by Crippen LogP contribution is 2.37. The Morgan fingerprint density at radius 2 is 1.90 bits per heavy atom. The van der Waals surface area contributed by atoms with Crippen LogP contribution in [0, 0.1) is 5.92 Å². The van der Waals surface area contributed by atoms with Gasteiger partial charge in [-0.25, -0.2) is 0 Å². The number of benzene rings is 1. The molecule has 1 N–H and O–H groups in total. The van der Waals surface area contributed by atoms with Gasteiger partial charge in [-0.2, -0.15) is 0 Å². The molecule has 2 amide bonds. The molecule has 1 aliphatic carbocycles. The lowest BCUT2D eigenvalue weighted by Gasteiger charge is -2.39. The van der Waals surface area contributed by atoms with Gasteiger partial charge in [-0.15, -0.1) is 0 Å². The molecule has 4 heteroatoms. The van der Waals surface area contributed by atoms with Gasteiger partial charge in [0.05, 0.1) is 0 Å². The van der Waals surface area contributed by atoms with Gasteiger partial charge in [0.2, 0.25) is 5.91 Å². The number of hydrogen-bond donors (Lipinski definition) is 1. The highest BCUT2D eigenvalue weighted by Gasteiger charge is 2.47. The number of nitrogens with zero attached hydrogens (tertiary/aromatic N) is 1. The van der Waals surface area contributed by atoms with Gasteiger partial charge in [0.1, 0.15) is 12.1 Å². The van der Waals surface area contributed by atoms with E-state index in [0.717, 1.165) is 30.5 Å². The predicted molar refractivity (Wildman–Crippen MR) is 82.0 cm³/mol. The summed E-state index contributed by atoms with van der Waals surface area (Å²) in [4.78, 5) is 27.0. The van der Waals surface area contributed by atoms with E-state index in [2.05, 4.69) is 12.2 Å². The molecule has 0 spiro atoms. The van der Waals surface area contributed by atoms with Crippen LogP contribution in [-0.2, 0) is 16.0 Å². The highest BCUT2D eigenvalue weighted by atomic mass is 16.2. The topological polar surface area (TPSA) is 49.4 Å². The van der Waals surface area contributed by atoms with E-state index in [1.165, 1.54) is 0 Å². The van der Waals surface area contributed by atoms with Crippen molar-refractivity contribution in [2.24, 2.45) is 5.92 Å². The average molecular weight is 286 g/mol. The molecule has 0 bridgehead atoms.